The van der Waals surface area contributed by atoms with Gasteiger partial charge >= 0.3 is 0 Å². The molecular weight excluding hydrogens is 248 g/mol. The van der Waals surface area contributed by atoms with Gasteiger partial charge in [-0.3, -0.25) is 0 Å². The summed E-state index contributed by atoms with van der Waals surface area (Å²) >= 11 is 0. The van der Waals surface area contributed by atoms with Crippen LogP contribution in [0.15, 0.2) is 0 Å². The Morgan fingerprint density at radius 2 is 1.29 bits per heavy atom. The van der Waals surface area contributed by atoms with Gasteiger partial charge in [-0.05, 0) is 0 Å². The van der Waals surface area contributed by atoms with E-state index in [2.05, 4.69) is 0 Å². The smallest absolute Gasteiger partial charge is 0.171 e. The van der Waals surface area contributed by atoms with Crippen molar-refractivity contribution < 1.29 is 37.4 Å². The summed E-state index contributed by atoms with van der Waals surface area (Å²) in [5.41, 5.74) is -3.38. The summed E-state index contributed by atoms with van der Waals surface area (Å²) in [5, 5.41) is 20.3. The van der Waals surface area contributed by atoms with Gasteiger partial charge in [0, 0.05) is 18.0 Å². The fourth-order valence-electron chi connectivity index (χ4n) is 1.16. The van der Waals surface area contributed by atoms with Crippen molar-refractivity contribution in [2.24, 2.45) is 0 Å². The van der Waals surface area contributed by atoms with Crippen LogP contribution in [0.3, 0.4) is 0 Å². The van der Waals surface area contributed by atoms with Crippen molar-refractivity contribution in [3.05, 3.63) is 34.4 Å². The number of halogens is 4. The number of hydrogen-bond acceptors (Lipinski definition) is 4. The third-order valence-corrected chi connectivity index (χ3v) is 1.88. The quantitative estimate of drug-likeness (QED) is 0.503. The van der Waals surface area contributed by atoms with E-state index in [0.29, 0.717) is 0 Å². The lowest BCUT2D eigenvalue weighted by Crippen LogP contribution is -2.29. The summed E-state index contributed by atoms with van der Waals surface area (Å²) < 4.78 is 52.1. The molecule has 1 aromatic carbocycles. The van der Waals surface area contributed by atoms with Gasteiger partial charge in [-0.1, -0.05) is 0 Å². The van der Waals surface area contributed by atoms with E-state index in [-0.39, 0.29) is 0 Å². The Morgan fingerprint density at radius 3 is 1.59 bits per heavy atom. The van der Waals surface area contributed by atoms with Gasteiger partial charge in [-0.15, -0.1) is 0 Å². The number of carbonyl (C=O) groups excluding carboxylic acids is 2. The Hall–Kier alpha value is -2.12. The number of carboxylic acids is 2. The molecule has 0 amide bonds. The number of benzene rings is 1. The predicted octanol–water partition coefficient (Wildman–Crippen LogP) is -1.10. The van der Waals surface area contributed by atoms with Crippen LogP contribution >= 0.6 is 0 Å². The molecule has 0 aliphatic carbocycles. The second kappa shape index (κ2) is 4.40. The van der Waals surface area contributed by atoms with E-state index >= 15 is 0 Å². The minimum absolute atomic E-state index is 1.43. The van der Waals surface area contributed by atoms with Crippen molar-refractivity contribution in [3.63, 3.8) is 0 Å². The van der Waals surface area contributed by atoms with Gasteiger partial charge in [-0.25, -0.2) is 17.6 Å². The molecule has 1 aromatic rings. The van der Waals surface area contributed by atoms with E-state index in [4.69, 9.17) is 0 Å². The van der Waals surface area contributed by atoms with Crippen LogP contribution in [-0.4, -0.2) is 11.9 Å². The third-order valence-electron chi connectivity index (χ3n) is 1.88. The molecule has 0 saturated carbocycles. The molecule has 8 heteroatoms. The Balaban J connectivity index is 3.58. The van der Waals surface area contributed by atoms with Crippen LogP contribution in [0.2, 0.25) is 0 Å². The highest BCUT2D eigenvalue weighted by Crippen LogP contribution is 2.24. The highest BCUT2D eigenvalue weighted by molar-refractivity contribution is 5.86. The first-order chi connectivity index (χ1) is 7.77. The lowest BCUT2D eigenvalue weighted by atomic mass is 10.1. The fourth-order valence-corrected chi connectivity index (χ4v) is 1.16. The van der Waals surface area contributed by atoms with E-state index < -0.39 is 52.8 Å². The highest BCUT2D eigenvalue weighted by Gasteiger charge is 2.25. The average molecular weight is 250 g/mol. The average Bonchev–Trinajstić information content (AvgIpc) is 2.21. The predicted molar refractivity (Wildman–Crippen MR) is 39.3 cm³/mol. The molecule has 0 atom stereocenters. The molecule has 1 rings (SSSR count). The van der Waals surface area contributed by atoms with Crippen LogP contribution in [0.4, 0.5) is 17.6 Å². The largest absolute Gasteiger partial charge is 0.550 e. The van der Waals surface area contributed by atoms with Crippen LogP contribution < -0.4 is 10.2 Å². The molecule has 0 heterocycles. The van der Waals surface area contributed by atoms with Gasteiger partial charge < -0.3 is 19.8 Å². The molecule has 0 aliphatic heterocycles. The zero-order valence-electron chi connectivity index (χ0n) is 7.85. The lowest BCUT2D eigenvalue weighted by molar-refractivity contribution is -0.304. The Kier molecular flexibility index (Phi) is 3.35. The maximum Gasteiger partial charge on any atom is 0.171 e. The Labute approximate surface area is 91.1 Å². The minimum atomic E-state index is -2.46. The number of hydrogen-bond donors (Lipinski definition) is 0. The third kappa shape index (κ3) is 2.19. The highest BCUT2D eigenvalue weighted by atomic mass is 19.2. The summed E-state index contributed by atoms with van der Waals surface area (Å²) in [7, 11) is 0. The Morgan fingerprint density at radius 1 is 0.882 bits per heavy atom. The van der Waals surface area contributed by atoms with Gasteiger partial charge in [0.2, 0.25) is 0 Å². The number of aliphatic carboxylic acids is 1. The van der Waals surface area contributed by atoms with Crippen LogP contribution in [-0.2, 0) is 11.2 Å². The van der Waals surface area contributed by atoms with Gasteiger partial charge in [0.1, 0.15) is 0 Å². The first-order valence-corrected chi connectivity index (χ1v) is 4.03. The summed E-state index contributed by atoms with van der Waals surface area (Å²) in [4.78, 5) is 20.3. The van der Waals surface area contributed by atoms with Crippen molar-refractivity contribution in [2.75, 3.05) is 0 Å². The van der Waals surface area contributed by atoms with Crippen molar-refractivity contribution in [1.29, 1.82) is 0 Å². The molecule has 0 aliphatic rings. The summed E-state index contributed by atoms with van der Waals surface area (Å²) in [6.07, 6.45) is -1.43. The number of carboxylic acid groups (broad SMARTS) is 2. The maximum absolute atomic E-state index is 13.1. The van der Waals surface area contributed by atoms with Crippen molar-refractivity contribution in [3.8, 4) is 0 Å². The standard InChI is InChI=1S/C9H4F4O4/c10-5-2(1-3(14)15)6(11)8(13)4(7(5)12)9(16)17/h1H2,(H,14,15)(H,16,17)/p-2. The van der Waals surface area contributed by atoms with Gasteiger partial charge in [-0.2, -0.15) is 0 Å². The maximum atomic E-state index is 13.1. The lowest BCUT2D eigenvalue weighted by Gasteiger charge is -2.12. The van der Waals surface area contributed by atoms with Gasteiger partial charge in [0.15, 0.2) is 23.3 Å². The second-order valence-corrected chi connectivity index (χ2v) is 2.95. The normalized spacial score (nSPS) is 10.4. The molecule has 0 N–H and O–H groups in total. The molecule has 0 bridgehead atoms. The monoisotopic (exact) mass is 250 g/mol. The summed E-state index contributed by atoms with van der Waals surface area (Å²) in [6, 6.07) is 0. The van der Waals surface area contributed by atoms with Crippen molar-refractivity contribution in [2.45, 2.75) is 6.42 Å². The Bertz CT molecular complexity index is 483. The molecule has 0 saturated heterocycles. The van der Waals surface area contributed by atoms with Crippen LogP contribution in [0.1, 0.15) is 15.9 Å². The fraction of sp³-hybridized carbons (Fsp3) is 0.111. The minimum Gasteiger partial charge on any atom is -0.550 e. The molecule has 4 nitrogen and oxygen atoms in total. The molecule has 92 valence electrons. The van der Waals surface area contributed by atoms with E-state index in [1.54, 1.807) is 0 Å². The van der Waals surface area contributed by atoms with E-state index in [1.807, 2.05) is 0 Å². The SMILES string of the molecule is O=C([O-])Cc1c(F)c(F)c(C(=O)[O-])c(F)c1F. The summed E-state index contributed by atoms with van der Waals surface area (Å²) in [5.74, 6) is -13.1. The van der Waals surface area contributed by atoms with Crippen LogP contribution in [0.25, 0.3) is 0 Å². The zero-order chi connectivity index (χ0) is 13.3. The van der Waals surface area contributed by atoms with Gasteiger partial charge in [0.05, 0.1) is 11.5 Å². The first-order valence-electron chi connectivity index (χ1n) is 4.03. The molecule has 0 spiro atoms. The van der Waals surface area contributed by atoms with Crippen LogP contribution in [0.5, 0.6) is 0 Å². The molecule has 0 aromatic heterocycles. The second-order valence-electron chi connectivity index (χ2n) is 2.95. The number of rotatable bonds is 3. The number of aromatic carboxylic acids is 1. The number of carbonyl (C=O) groups is 2. The van der Waals surface area contributed by atoms with Gasteiger partial charge in [0.25, 0.3) is 0 Å². The molecule has 0 fully saturated rings. The van der Waals surface area contributed by atoms with Crippen molar-refractivity contribution in [1.82, 2.24) is 0 Å². The first kappa shape index (κ1) is 12.9. The molecule has 17 heavy (non-hydrogen) atoms. The molecular formula is C9H2F4O4-2. The molecule has 0 radical (unpaired) electrons. The summed E-state index contributed by atoms with van der Waals surface area (Å²) in [6.45, 7) is 0. The van der Waals surface area contributed by atoms with Crippen LogP contribution in [0, 0.1) is 23.3 Å². The molecule has 0 unspecified atom stereocenters. The van der Waals surface area contributed by atoms with Crippen molar-refractivity contribution >= 4 is 11.9 Å². The zero-order valence-corrected chi connectivity index (χ0v) is 7.85. The van der Waals surface area contributed by atoms with E-state index in [0.717, 1.165) is 0 Å². The van der Waals surface area contributed by atoms with E-state index in [1.165, 1.54) is 0 Å². The topological polar surface area (TPSA) is 80.3 Å². The van der Waals surface area contributed by atoms with E-state index in [9.17, 15) is 37.4 Å².